The Hall–Kier alpha value is -4.84. The molecule has 0 radical (unpaired) electrons. The van der Waals surface area contributed by atoms with Crippen LogP contribution >= 0.6 is 0 Å². The molecule has 12 heteroatoms. The molecule has 1 atom stereocenters. The molecule has 1 aromatic heterocycles. The number of nitrogens with zero attached hydrogens (tertiary/aromatic N) is 1. The van der Waals surface area contributed by atoms with Crippen molar-refractivity contribution in [2.24, 2.45) is 0 Å². The summed E-state index contributed by atoms with van der Waals surface area (Å²) < 4.78 is 36.1. The number of likely N-dealkylation sites (N-methyl/N-ethyl adjacent to an activating group) is 1. The van der Waals surface area contributed by atoms with Gasteiger partial charge in [0.2, 0.25) is 5.91 Å². The number of anilines is 2. The zero-order chi connectivity index (χ0) is 31.6. The highest BCUT2D eigenvalue weighted by Gasteiger charge is 2.35. The number of fused-ring (bicyclic) bond motifs is 10. The third-order valence-electron chi connectivity index (χ3n) is 8.02. The van der Waals surface area contributed by atoms with Crippen LogP contribution < -0.4 is 20.9 Å². The lowest BCUT2D eigenvalue weighted by atomic mass is 10.0. The third-order valence-corrected chi connectivity index (χ3v) is 10.2. The second-order valence-corrected chi connectivity index (χ2v) is 13.8. The Labute approximate surface area is 260 Å². The highest BCUT2D eigenvalue weighted by Crippen LogP contribution is 2.30. The van der Waals surface area contributed by atoms with Gasteiger partial charge in [0.25, 0.3) is 5.56 Å². The van der Waals surface area contributed by atoms with Crippen molar-refractivity contribution in [3.8, 4) is 5.75 Å². The van der Waals surface area contributed by atoms with E-state index in [0.29, 0.717) is 52.9 Å². The lowest BCUT2D eigenvalue weighted by Crippen LogP contribution is -2.35. The van der Waals surface area contributed by atoms with Crippen molar-refractivity contribution in [3.63, 3.8) is 0 Å². The predicted octanol–water partition coefficient (Wildman–Crippen LogP) is 4.40. The second-order valence-electron chi connectivity index (χ2n) is 11.4. The SMILES string of the molecule is CN1Cc2cc(ccc2OCCS(=O)(=O)C2CC2)NC(=O)OCCc2ccc(cc2)[C@@H](Nc2ccc3cc[nH]c(=O)c3c2)C1=O. The van der Waals surface area contributed by atoms with Crippen molar-refractivity contribution in [3.05, 3.63) is 100.0 Å². The van der Waals surface area contributed by atoms with E-state index >= 15 is 0 Å². The number of H-pyrrole nitrogens is 1. The van der Waals surface area contributed by atoms with Gasteiger partial charge in [0.15, 0.2) is 9.84 Å². The maximum Gasteiger partial charge on any atom is 0.411 e. The fourth-order valence-corrected chi connectivity index (χ4v) is 6.86. The van der Waals surface area contributed by atoms with Gasteiger partial charge in [-0.2, -0.15) is 0 Å². The molecule has 0 unspecified atom stereocenters. The van der Waals surface area contributed by atoms with Gasteiger partial charge in [-0.3, -0.25) is 14.9 Å². The van der Waals surface area contributed by atoms with Crippen molar-refractivity contribution in [1.82, 2.24) is 9.88 Å². The molecule has 3 aliphatic rings. The molecular weight excluding hydrogens is 596 g/mol. The van der Waals surface area contributed by atoms with E-state index in [1.54, 1.807) is 37.5 Å². The first-order valence-electron chi connectivity index (χ1n) is 14.8. The Bertz CT molecular complexity index is 1900. The number of aromatic nitrogens is 1. The van der Waals surface area contributed by atoms with Gasteiger partial charge >= 0.3 is 6.09 Å². The monoisotopic (exact) mass is 630 g/mol. The third kappa shape index (κ3) is 7.12. The van der Waals surface area contributed by atoms with Crippen molar-refractivity contribution < 1.29 is 27.5 Å². The van der Waals surface area contributed by atoms with E-state index in [1.807, 2.05) is 42.5 Å². The van der Waals surface area contributed by atoms with Gasteiger partial charge in [-0.05, 0) is 65.8 Å². The summed E-state index contributed by atoms with van der Waals surface area (Å²) in [5, 5.41) is 7.04. The van der Waals surface area contributed by atoms with E-state index in [4.69, 9.17) is 9.47 Å². The lowest BCUT2D eigenvalue weighted by molar-refractivity contribution is -0.131. The Morgan fingerprint density at radius 3 is 2.58 bits per heavy atom. The average molecular weight is 631 g/mol. The number of aromatic amines is 1. The van der Waals surface area contributed by atoms with Gasteiger partial charge in [-0.25, -0.2) is 13.2 Å². The van der Waals surface area contributed by atoms with Gasteiger partial charge in [0, 0.05) is 48.5 Å². The normalized spacial score (nSPS) is 17.5. The van der Waals surface area contributed by atoms with Crippen LogP contribution in [0.1, 0.15) is 35.6 Å². The molecule has 3 aromatic carbocycles. The topological polar surface area (TPSA) is 147 Å². The first-order chi connectivity index (χ1) is 21.7. The van der Waals surface area contributed by atoms with Crippen molar-refractivity contribution >= 4 is 44.0 Å². The van der Waals surface area contributed by atoms with Crippen LogP contribution in [-0.4, -0.2) is 61.6 Å². The fraction of sp³-hybridized carbons (Fsp3) is 0.303. The van der Waals surface area contributed by atoms with E-state index < -0.39 is 22.0 Å². The molecule has 7 rings (SSSR count). The highest BCUT2D eigenvalue weighted by atomic mass is 32.2. The maximum atomic E-state index is 14.1. The van der Waals surface area contributed by atoms with Crippen molar-refractivity contribution in [1.29, 1.82) is 0 Å². The van der Waals surface area contributed by atoms with Crippen LogP contribution in [0.4, 0.5) is 16.2 Å². The zero-order valence-electron chi connectivity index (χ0n) is 24.7. The largest absolute Gasteiger partial charge is 0.492 e. The summed E-state index contributed by atoms with van der Waals surface area (Å²) in [5.41, 5.74) is 3.03. The molecule has 0 spiro atoms. The number of carbonyl (C=O) groups is 2. The molecular formula is C33H34N4O7S. The summed E-state index contributed by atoms with van der Waals surface area (Å²) >= 11 is 0. The number of sulfone groups is 1. The second kappa shape index (κ2) is 12.6. The molecule has 1 saturated carbocycles. The van der Waals surface area contributed by atoms with Crippen LogP contribution in [-0.2, 0) is 32.3 Å². The summed E-state index contributed by atoms with van der Waals surface area (Å²) in [6.45, 7) is 0.224. The Kier molecular flexibility index (Phi) is 8.48. The Morgan fingerprint density at radius 1 is 1.00 bits per heavy atom. The van der Waals surface area contributed by atoms with Gasteiger partial charge in [0.1, 0.15) is 18.4 Å². The number of nitrogens with one attached hydrogen (secondary N) is 3. The van der Waals surface area contributed by atoms with Crippen LogP contribution in [0.2, 0.25) is 0 Å². The van der Waals surface area contributed by atoms with Crippen LogP contribution in [0.3, 0.4) is 0 Å². The van der Waals surface area contributed by atoms with E-state index in [0.717, 1.165) is 10.9 Å². The molecule has 11 nitrogen and oxygen atoms in total. The van der Waals surface area contributed by atoms with Crippen LogP contribution in [0.25, 0.3) is 10.8 Å². The molecule has 3 N–H and O–H groups in total. The highest BCUT2D eigenvalue weighted by molar-refractivity contribution is 7.92. The van der Waals surface area contributed by atoms with Gasteiger partial charge < -0.3 is 24.7 Å². The summed E-state index contributed by atoms with van der Waals surface area (Å²) in [7, 11) is -1.55. The Morgan fingerprint density at radius 2 is 1.80 bits per heavy atom. The minimum Gasteiger partial charge on any atom is -0.492 e. The number of amides is 2. The molecule has 0 saturated heterocycles. The molecule has 3 heterocycles. The van der Waals surface area contributed by atoms with Crippen LogP contribution in [0.15, 0.2) is 77.7 Å². The predicted molar refractivity (Wildman–Crippen MR) is 171 cm³/mol. The van der Waals surface area contributed by atoms with Crippen LogP contribution in [0, 0.1) is 0 Å². The van der Waals surface area contributed by atoms with E-state index in [2.05, 4.69) is 15.6 Å². The summed E-state index contributed by atoms with van der Waals surface area (Å²) in [6, 6.07) is 18.9. The average Bonchev–Trinajstić information content (AvgIpc) is 3.88. The van der Waals surface area contributed by atoms with Crippen LogP contribution in [0.5, 0.6) is 5.75 Å². The molecule has 2 aliphatic heterocycles. The van der Waals surface area contributed by atoms with E-state index in [-0.39, 0.29) is 42.2 Å². The minimum atomic E-state index is -3.21. The van der Waals surface area contributed by atoms with Crippen molar-refractivity contribution in [2.75, 3.05) is 36.6 Å². The first-order valence-corrected chi connectivity index (χ1v) is 16.5. The number of ether oxygens (including phenoxy) is 2. The van der Waals surface area contributed by atoms with Gasteiger partial charge in [-0.1, -0.05) is 30.3 Å². The standard InChI is InChI=1S/C33H34N4O7S/c1-37-20-24-18-25(8-11-29(24)43-16-17-45(41,42)27-9-10-27)36-33(40)44-15-13-21-2-4-23(5-3-21)30(32(37)39)35-26-7-6-22-12-14-34-31(38)28(22)19-26/h2-8,11-12,14,18-19,27,30,35H,9-10,13,15-17,20H2,1H3,(H,34,38)(H,36,40)/t30-/m1/s1. The summed E-state index contributed by atoms with van der Waals surface area (Å²) in [5.74, 6) is 0.0506. The minimum absolute atomic E-state index is 0.0318. The number of hydrogen-bond acceptors (Lipinski definition) is 8. The number of hydrogen-bond donors (Lipinski definition) is 3. The van der Waals surface area contributed by atoms with Crippen molar-refractivity contribution in [2.45, 2.75) is 37.1 Å². The quantitative estimate of drug-likeness (QED) is 0.272. The summed E-state index contributed by atoms with van der Waals surface area (Å²) in [4.78, 5) is 43.3. The molecule has 234 valence electrons. The number of rotatable bonds is 7. The molecule has 4 bridgehead atoms. The molecule has 1 aliphatic carbocycles. The lowest BCUT2D eigenvalue weighted by Gasteiger charge is -2.27. The molecule has 45 heavy (non-hydrogen) atoms. The summed E-state index contributed by atoms with van der Waals surface area (Å²) in [6.07, 6.45) is 2.83. The molecule has 2 amide bonds. The smallest absolute Gasteiger partial charge is 0.411 e. The Balaban J connectivity index is 1.31. The van der Waals surface area contributed by atoms with E-state index in [9.17, 15) is 22.8 Å². The molecule has 1 fully saturated rings. The van der Waals surface area contributed by atoms with Gasteiger partial charge in [0.05, 0.1) is 17.6 Å². The fourth-order valence-electron chi connectivity index (χ4n) is 5.36. The molecule has 4 aromatic rings. The van der Waals surface area contributed by atoms with E-state index in [1.165, 1.54) is 4.90 Å². The maximum absolute atomic E-state index is 14.1. The number of carbonyl (C=O) groups excluding carboxylic acids is 2. The number of pyridine rings is 1. The number of benzene rings is 3. The van der Waals surface area contributed by atoms with Gasteiger partial charge in [-0.15, -0.1) is 0 Å². The zero-order valence-corrected chi connectivity index (χ0v) is 25.6. The first kappa shape index (κ1) is 30.2.